The van der Waals surface area contributed by atoms with E-state index in [1.165, 1.54) is 12.8 Å². The lowest BCUT2D eigenvalue weighted by atomic mass is 10.2. The highest BCUT2D eigenvalue weighted by Crippen LogP contribution is 2.23. The van der Waals surface area contributed by atoms with E-state index < -0.39 is 0 Å². The summed E-state index contributed by atoms with van der Waals surface area (Å²) in [5.74, 6) is 0.900. The highest BCUT2D eigenvalue weighted by atomic mass is 32.2. The first kappa shape index (κ1) is 16.1. The Morgan fingerprint density at radius 1 is 1.25 bits per heavy atom. The van der Waals surface area contributed by atoms with E-state index in [2.05, 4.69) is 25.7 Å². The molecular weight excluding hydrogens is 272 g/mol. The van der Waals surface area contributed by atoms with Crippen LogP contribution in [0, 0.1) is 0 Å². The third kappa shape index (κ3) is 5.26. The first-order valence-electron chi connectivity index (χ1n) is 7.70. The van der Waals surface area contributed by atoms with Crippen LogP contribution in [0.3, 0.4) is 0 Å². The lowest BCUT2D eigenvalue weighted by Gasteiger charge is -2.36. The van der Waals surface area contributed by atoms with E-state index in [0.717, 1.165) is 39.3 Å². The highest BCUT2D eigenvalue weighted by Gasteiger charge is 2.25. The average molecular weight is 300 g/mol. The molecule has 1 amide bonds. The number of amides is 1. The molecule has 2 aliphatic rings. The number of carbonyl (C=O) groups excluding carboxylic acids is 1. The number of hydrogen-bond donors (Lipinski definition) is 0. The van der Waals surface area contributed by atoms with Crippen LogP contribution in [0.25, 0.3) is 0 Å². The molecular formula is C15H28N2O2S. The SMILES string of the molecule is CC(C)(C)SCC(=O)N1CCN(CC2CCCO2)CC1. The standard InChI is InChI=1S/C15H28N2O2S/c1-15(2,3)20-12-14(18)17-8-6-16(7-9-17)11-13-5-4-10-19-13/h13H,4-12H2,1-3H3. The van der Waals surface area contributed by atoms with E-state index in [4.69, 9.17) is 4.74 Å². The molecule has 2 saturated heterocycles. The molecule has 2 rings (SSSR count). The lowest BCUT2D eigenvalue weighted by Crippen LogP contribution is -2.50. The number of carbonyl (C=O) groups is 1. The minimum absolute atomic E-state index is 0.164. The third-order valence-electron chi connectivity index (χ3n) is 3.84. The van der Waals surface area contributed by atoms with Gasteiger partial charge in [-0.1, -0.05) is 20.8 Å². The molecule has 0 aromatic carbocycles. The van der Waals surface area contributed by atoms with Gasteiger partial charge in [0, 0.05) is 44.1 Å². The van der Waals surface area contributed by atoms with Gasteiger partial charge in [0.2, 0.25) is 5.91 Å². The summed E-state index contributed by atoms with van der Waals surface area (Å²) in [6.07, 6.45) is 2.82. The lowest BCUT2D eigenvalue weighted by molar-refractivity contribution is -0.130. The van der Waals surface area contributed by atoms with Gasteiger partial charge in [-0.05, 0) is 12.8 Å². The van der Waals surface area contributed by atoms with Crippen LogP contribution in [0.15, 0.2) is 0 Å². The van der Waals surface area contributed by atoms with Crippen molar-refractivity contribution < 1.29 is 9.53 Å². The zero-order valence-corrected chi connectivity index (χ0v) is 13.9. The van der Waals surface area contributed by atoms with E-state index in [-0.39, 0.29) is 4.75 Å². The summed E-state index contributed by atoms with van der Waals surface area (Å²) in [5.41, 5.74) is 0. The Hall–Kier alpha value is -0.260. The molecule has 2 heterocycles. The molecule has 0 saturated carbocycles. The fraction of sp³-hybridized carbons (Fsp3) is 0.933. The maximum atomic E-state index is 12.2. The molecule has 0 spiro atoms. The van der Waals surface area contributed by atoms with Crippen LogP contribution >= 0.6 is 11.8 Å². The van der Waals surface area contributed by atoms with Gasteiger partial charge in [-0.3, -0.25) is 9.69 Å². The summed E-state index contributed by atoms with van der Waals surface area (Å²) in [6.45, 7) is 12.2. The summed E-state index contributed by atoms with van der Waals surface area (Å²) in [4.78, 5) is 16.6. The molecule has 1 atom stereocenters. The molecule has 0 aliphatic carbocycles. The van der Waals surface area contributed by atoms with Gasteiger partial charge in [0.05, 0.1) is 11.9 Å². The van der Waals surface area contributed by atoms with E-state index >= 15 is 0 Å². The van der Waals surface area contributed by atoms with Gasteiger partial charge in [-0.15, -0.1) is 11.8 Å². The molecule has 116 valence electrons. The number of nitrogens with zero attached hydrogens (tertiary/aromatic N) is 2. The third-order valence-corrected chi connectivity index (χ3v) is 5.10. The molecule has 0 aromatic rings. The van der Waals surface area contributed by atoms with Gasteiger partial charge in [0.15, 0.2) is 0 Å². The number of piperazine rings is 1. The molecule has 4 nitrogen and oxygen atoms in total. The molecule has 20 heavy (non-hydrogen) atoms. The van der Waals surface area contributed by atoms with Crippen molar-refractivity contribution in [1.29, 1.82) is 0 Å². The van der Waals surface area contributed by atoms with E-state index in [1.54, 1.807) is 11.8 Å². The molecule has 1 unspecified atom stereocenters. The van der Waals surface area contributed by atoms with Gasteiger partial charge in [-0.25, -0.2) is 0 Å². The minimum Gasteiger partial charge on any atom is -0.377 e. The molecule has 5 heteroatoms. The summed E-state index contributed by atoms with van der Waals surface area (Å²) in [6, 6.07) is 0. The number of ether oxygens (including phenoxy) is 1. The second-order valence-corrected chi connectivity index (χ2v) is 8.52. The maximum absolute atomic E-state index is 12.2. The molecule has 0 aromatic heterocycles. The predicted molar refractivity (Wildman–Crippen MR) is 84.2 cm³/mol. The van der Waals surface area contributed by atoms with Gasteiger partial charge in [0.25, 0.3) is 0 Å². The largest absolute Gasteiger partial charge is 0.377 e. The predicted octanol–water partition coefficient (Wildman–Crippen LogP) is 1.84. The normalized spacial score (nSPS) is 25.1. The van der Waals surface area contributed by atoms with Crippen molar-refractivity contribution in [3.63, 3.8) is 0 Å². The molecule has 2 aliphatic heterocycles. The van der Waals surface area contributed by atoms with E-state index in [0.29, 0.717) is 17.8 Å². The van der Waals surface area contributed by atoms with Crippen LogP contribution in [0.5, 0.6) is 0 Å². The quantitative estimate of drug-likeness (QED) is 0.793. The van der Waals surface area contributed by atoms with Crippen LogP contribution in [0.2, 0.25) is 0 Å². The second-order valence-electron chi connectivity index (χ2n) is 6.72. The fourth-order valence-electron chi connectivity index (χ4n) is 2.63. The first-order chi connectivity index (χ1) is 9.44. The Bertz CT molecular complexity index is 316. The topological polar surface area (TPSA) is 32.8 Å². The summed E-state index contributed by atoms with van der Waals surface area (Å²) >= 11 is 1.74. The van der Waals surface area contributed by atoms with Crippen molar-refractivity contribution in [2.45, 2.75) is 44.5 Å². The first-order valence-corrected chi connectivity index (χ1v) is 8.68. The Balaban J connectivity index is 1.66. The van der Waals surface area contributed by atoms with Crippen molar-refractivity contribution in [3.8, 4) is 0 Å². The zero-order chi connectivity index (χ0) is 14.6. The Kier molecular flexibility index (Phi) is 5.75. The Morgan fingerprint density at radius 3 is 2.50 bits per heavy atom. The molecule has 0 N–H and O–H groups in total. The zero-order valence-electron chi connectivity index (χ0n) is 13.1. The smallest absolute Gasteiger partial charge is 0.232 e. The van der Waals surface area contributed by atoms with Crippen LogP contribution in [0.4, 0.5) is 0 Å². The molecule has 0 bridgehead atoms. The second kappa shape index (κ2) is 7.14. The van der Waals surface area contributed by atoms with Gasteiger partial charge in [-0.2, -0.15) is 0 Å². The van der Waals surface area contributed by atoms with Crippen LogP contribution in [-0.2, 0) is 9.53 Å². The monoisotopic (exact) mass is 300 g/mol. The van der Waals surface area contributed by atoms with Crippen molar-refractivity contribution >= 4 is 17.7 Å². The summed E-state index contributed by atoms with van der Waals surface area (Å²) in [5, 5.41) is 0. The number of rotatable bonds is 4. The van der Waals surface area contributed by atoms with Gasteiger partial charge < -0.3 is 9.64 Å². The van der Waals surface area contributed by atoms with Crippen molar-refractivity contribution in [2.24, 2.45) is 0 Å². The Labute approximate surface area is 127 Å². The fourth-order valence-corrected chi connectivity index (χ4v) is 3.36. The number of hydrogen-bond acceptors (Lipinski definition) is 4. The van der Waals surface area contributed by atoms with E-state index in [1.807, 2.05) is 4.90 Å². The molecule has 2 fully saturated rings. The highest BCUT2D eigenvalue weighted by molar-refractivity contribution is 8.01. The van der Waals surface area contributed by atoms with Crippen LogP contribution in [-0.4, -0.2) is 71.6 Å². The number of thioether (sulfide) groups is 1. The minimum atomic E-state index is 0.164. The average Bonchev–Trinajstić information content (AvgIpc) is 2.89. The van der Waals surface area contributed by atoms with Crippen molar-refractivity contribution in [1.82, 2.24) is 9.80 Å². The van der Waals surface area contributed by atoms with Crippen molar-refractivity contribution in [3.05, 3.63) is 0 Å². The van der Waals surface area contributed by atoms with Gasteiger partial charge >= 0.3 is 0 Å². The summed E-state index contributed by atoms with van der Waals surface area (Å²) < 4.78 is 5.84. The Morgan fingerprint density at radius 2 is 1.95 bits per heavy atom. The molecule has 0 radical (unpaired) electrons. The van der Waals surface area contributed by atoms with Gasteiger partial charge in [0.1, 0.15) is 0 Å². The van der Waals surface area contributed by atoms with Crippen LogP contribution in [0.1, 0.15) is 33.6 Å². The van der Waals surface area contributed by atoms with Crippen LogP contribution < -0.4 is 0 Å². The van der Waals surface area contributed by atoms with Crippen molar-refractivity contribution in [2.75, 3.05) is 45.1 Å². The maximum Gasteiger partial charge on any atom is 0.232 e. The summed E-state index contributed by atoms with van der Waals surface area (Å²) in [7, 11) is 0. The van der Waals surface area contributed by atoms with E-state index in [9.17, 15) is 4.79 Å².